The topological polar surface area (TPSA) is 123 Å². The molecule has 124 valence electrons. The minimum atomic E-state index is -0.432. The SMILES string of the molecule is COc1cccc(-n2cc(C(C)NC(=O)Nc3nn[nH]n3)cn2)c1. The molecule has 1 aromatic carbocycles. The van der Waals surface area contributed by atoms with Crippen molar-refractivity contribution in [2.75, 3.05) is 12.4 Å². The van der Waals surface area contributed by atoms with Gasteiger partial charge in [-0.05, 0) is 24.3 Å². The number of carbonyl (C=O) groups excluding carboxylic acids is 1. The van der Waals surface area contributed by atoms with E-state index in [9.17, 15) is 4.79 Å². The standard InChI is InChI=1S/C14H16N8O2/c1-9(16-14(23)17-13-18-20-21-19-13)10-7-15-22(8-10)11-4-3-5-12(6-11)24-2/h3-9H,1-2H3,(H3,16,17,18,19,20,21,23). The second kappa shape index (κ2) is 6.77. The van der Waals surface area contributed by atoms with Crippen LogP contribution in [0.25, 0.3) is 5.69 Å². The summed E-state index contributed by atoms with van der Waals surface area (Å²) in [5.74, 6) is 0.849. The fourth-order valence-electron chi connectivity index (χ4n) is 2.09. The number of urea groups is 1. The van der Waals surface area contributed by atoms with Crippen LogP contribution in [-0.2, 0) is 0 Å². The number of anilines is 1. The van der Waals surface area contributed by atoms with Crippen LogP contribution >= 0.6 is 0 Å². The third-order valence-electron chi connectivity index (χ3n) is 3.34. The van der Waals surface area contributed by atoms with Gasteiger partial charge in [-0.3, -0.25) is 5.32 Å². The summed E-state index contributed by atoms with van der Waals surface area (Å²) in [5.41, 5.74) is 1.71. The maximum Gasteiger partial charge on any atom is 0.322 e. The number of ether oxygens (including phenoxy) is 1. The van der Waals surface area contributed by atoms with E-state index in [4.69, 9.17) is 4.74 Å². The van der Waals surface area contributed by atoms with Gasteiger partial charge in [0.05, 0.1) is 25.0 Å². The van der Waals surface area contributed by atoms with Crippen LogP contribution in [0, 0.1) is 0 Å². The number of H-pyrrole nitrogens is 1. The van der Waals surface area contributed by atoms with Crippen molar-refractivity contribution in [2.24, 2.45) is 0 Å². The summed E-state index contributed by atoms with van der Waals surface area (Å²) in [5, 5.41) is 22.5. The van der Waals surface area contributed by atoms with Crippen LogP contribution in [0.15, 0.2) is 36.7 Å². The summed E-state index contributed by atoms with van der Waals surface area (Å²) in [6.07, 6.45) is 3.53. The maximum atomic E-state index is 11.9. The van der Waals surface area contributed by atoms with Crippen LogP contribution in [0.2, 0.25) is 0 Å². The summed E-state index contributed by atoms with van der Waals surface area (Å²) in [7, 11) is 1.61. The first-order valence-electron chi connectivity index (χ1n) is 7.15. The molecule has 3 aromatic rings. The minimum absolute atomic E-state index is 0.103. The van der Waals surface area contributed by atoms with Crippen LogP contribution in [0.3, 0.4) is 0 Å². The van der Waals surface area contributed by atoms with E-state index >= 15 is 0 Å². The maximum absolute atomic E-state index is 11.9. The average Bonchev–Trinajstić information content (AvgIpc) is 3.26. The highest BCUT2D eigenvalue weighted by Gasteiger charge is 2.13. The molecule has 1 atom stereocenters. The fraction of sp³-hybridized carbons (Fsp3) is 0.214. The van der Waals surface area contributed by atoms with Gasteiger partial charge in [-0.1, -0.05) is 11.2 Å². The van der Waals surface area contributed by atoms with Gasteiger partial charge in [-0.2, -0.15) is 10.3 Å². The number of tetrazole rings is 1. The van der Waals surface area contributed by atoms with E-state index in [1.807, 2.05) is 37.4 Å². The largest absolute Gasteiger partial charge is 0.497 e. The number of benzene rings is 1. The van der Waals surface area contributed by atoms with Gasteiger partial charge >= 0.3 is 6.03 Å². The lowest BCUT2D eigenvalue weighted by Gasteiger charge is -2.11. The first-order chi connectivity index (χ1) is 11.7. The molecule has 0 spiro atoms. The van der Waals surface area contributed by atoms with Crippen molar-refractivity contribution in [3.05, 3.63) is 42.2 Å². The Morgan fingerprint density at radius 3 is 3.04 bits per heavy atom. The molecule has 3 N–H and O–H groups in total. The molecule has 10 nitrogen and oxygen atoms in total. The summed E-state index contributed by atoms with van der Waals surface area (Å²) in [6, 6.07) is 6.85. The second-order valence-corrected chi connectivity index (χ2v) is 4.98. The van der Waals surface area contributed by atoms with Gasteiger partial charge in [-0.15, -0.1) is 5.10 Å². The van der Waals surface area contributed by atoms with E-state index in [-0.39, 0.29) is 12.0 Å². The number of hydrogen-bond acceptors (Lipinski definition) is 6. The Kier molecular flexibility index (Phi) is 4.36. The molecule has 10 heteroatoms. The molecule has 0 saturated heterocycles. The quantitative estimate of drug-likeness (QED) is 0.648. The Morgan fingerprint density at radius 1 is 1.42 bits per heavy atom. The molecule has 0 aliphatic rings. The van der Waals surface area contributed by atoms with Crippen LogP contribution in [0.5, 0.6) is 5.75 Å². The minimum Gasteiger partial charge on any atom is -0.497 e. The number of hydrogen-bond donors (Lipinski definition) is 3. The average molecular weight is 328 g/mol. The molecular weight excluding hydrogens is 312 g/mol. The molecule has 1 unspecified atom stereocenters. The van der Waals surface area contributed by atoms with Crippen molar-refractivity contribution in [1.29, 1.82) is 0 Å². The molecule has 0 saturated carbocycles. The van der Waals surface area contributed by atoms with Crippen molar-refractivity contribution >= 4 is 12.0 Å². The fourth-order valence-corrected chi connectivity index (χ4v) is 2.09. The molecule has 0 radical (unpaired) electrons. The van der Waals surface area contributed by atoms with Gasteiger partial charge in [0.25, 0.3) is 5.95 Å². The van der Waals surface area contributed by atoms with E-state index in [2.05, 4.69) is 36.4 Å². The third kappa shape index (κ3) is 3.48. The monoisotopic (exact) mass is 328 g/mol. The zero-order valence-corrected chi connectivity index (χ0v) is 13.1. The molecule has 0 aliphatic heterocycles. The van der Waals surface area contributed by atoms with Gasteiger partial charge in [0, 0.05) is 17.8 Å². The Morgan fingerprint density at radius 2 is 2.29 bits per heavy atom. The Bertz CT molecular complexity index is 814. The number of nitrogens with one attached hydrogen (secondary N) is 3. The van der Waals surface area contributed by atoms with Crippen molar-refractivity contribution in [1.82, 2.24) is 35.7 Å². The number of carbonyl (C=O) groups is 1. The first kappa shape index (κ1) is 15.5. The van der Waals surface area contributed by atoms with E-state index in [1.54, 1.807) is 18.0 Å². The molecule has 0 aliphatic carbocycles. The zero-order valence-electron chi connectivity index (χ0n) is 13.1. The lowest BCUT2D eigenvalue weighted by molar-refractivity contribution is 0.249. The summed E-state index contributed by atoms with van der Waals surface area (Å²) >= 11 is 0. The van der Waals surface area contributed by atoms with Gasteiger partial charge in [0.1, 0.15) is 5.75 Å². The lowest BCUT2D eigenvalue weighted by atomic mass is 10.2. The molecular formula is C14H16N8O2. The first-order valence-corrected chi connectivity index (χ1v) is 7.15. The Labute approximate surface area is 137 Å². The van der Waals surface area contributed by atoms with Gasteiger partial charge in [0.15, 0.2) is 0 Å². The van der Waals surface area contributed by atoms with Gasteiger partial charge in [0.2, 0.25) is 0 Å². The summed E-state index contributed by atoms with van der Waals surface area (Å²) in [4.78, 5) is 11.9. The smallest absolute Gasteiger partial charge is 0.322 e. The van der Waals surface area contributed by atoms with Crippen LogP contribution in [0.1, 0.15) is 18.5 Å². The van der Waals surface area contributed by atoms with E-state index < -0.39 is 6.03 Å². The third-order valence-corrected chi connectivity index (χ3v) is 3.34. The molecule has 2 heterocycles. The van der Waals surface area contributed by atoms with Crippen molar-refractivity contribution < 1.29 is 9.53 Å². The predicted octanol–water partition coefficient (Wildman–Crippen LogP) is 1.28. The predicted molar refractivity (Wildman–Crippen MR) is 84.9 cm³/mol. The Balaban J connectivity index is 1.66. The normalized spacial score (nSPS) is 11.8. The number of nitrogens with zero attached hydrogens (tertiary/aromatic N) is 5. The van der Waals surface area contributed by atoms with Crippen molar-refractivity contribution in [3.63, 3.8) is 0 Å². The van der Waals surface area contributed by atoms with Gasteiger partial charge in [-0.25, -0.2) is 9.48 Å². The Hall–Kier alpha value is -3.43. The molecule has 24 heavy (non-hydrogen) atoms. The molecule has 2 amide bonds. The molecule has 0 fully saturated rings. The summed E-state index contributed by atoms with van der Waals surface area (Å²) < 4.78 is 6.92. The lowest BCUT2D eigenvalue weighted by Crippen LogP contribution is -2.31. The molecule has 3 rings (SSSR count). The van der Waals surface area contributed by atoms with Crippen LogP contribution in [-0.4, -0.2) is 43.5 Å². The number of methoxy groups -OCH3 is 1. The summed E-state index contributed by atoms with van der Waals surface area (Å²) in [6.45, 7) is 1.85. The highest BCUT2D eigenvalue weighted by Crippen LogP contribution is 2.18. The van der Waals surface area contributed by atoms with Crippen molar-refractivity contribution in [3.8, 4) is 11.4 Å². The number of aromatic amines is 1. The second-order valence-electron chi connectivity index (χ2n) is 4.98. The van der Waals surface area contributed by atoms with Gasteiger partial charge < -0.3 is 10.1 Å². The molecule has 0 bridgehead atoms. The molecule has 2 aromatic heterocycles. The number of aromatic nitrogens is 6. The number of rotatable bonds is 5. The van der Waals surface area contributed by atoms with Crippen LogP contribution in [0.4, 0.5) is 10.7 Å². The van der Waals surface area contributed by atoms with Crippen molar-refractivity contribution in [2.45, 2.75) is 13.0 Å². The number of amides is 2. The highest BCUT2D eigenvalue weighted by molar-refractivity contribution is 5.87. The van der Waals surface area contributed by atoms with E-state index in [0.717, 1.165) is 17.0 Å². The zero-order chi connectivity index (χ0) is 16.9. The van der Waals surface area contributed by atoms with Crippen LogP contribution < -0.4 is 15.4 Å². The highest BCUT2D eigenvalue weighted by atomic mass is 16.5. The van der Waals surface area contributed by atoms with E-state index in [0.29, 0.717) is 0 Å². The van der Waals surface area contributed by atoms with E-state index in [1.165, 1.54) is 0 Å².